The Hall–Kier alpha value is -3.07. The van der Waals surface area contributed by atoms with Crippen molar-refractivity contribution >= 4 is 17.2 Å². The normalized spacial score (nSPS) is 16.9. The van der Waals surface area contributed by atoms with Crippen molar-refractivity contribution in [2.24, 2.45) is 7.05 Å². The van der Waals surface area contributed by atoms with Gasteiger partial charge in [0.25, 0.3) is 17.0 Å². The predicted octanol–water partition coefficient (Wildman–Crippen LogP) is 1.61. The van der Waals surface area contributed by atoms with Gasteiger partial charge in [0.15, 0.2) is 0 Å². The molecule has 144 valence electrons. The number of amides is 1. The van der Waals surface area contributed by atoms with Crippen LogP contribution in [0.4, 0.5) is 0 Å². The van der Waals surface area contributed by atoms with Crippen molar-refractivity contribution in [1.82, 2.24) is 24.6 Å². The lowest BCUT2D eigenvalue weighted by Gasteiger charge is -2.32. The maximum Gasteiger partial charge on any atom is 0.274 e. The van der Waals surface area contributed by atoms with Gasteiger partial charge >= 0.3 is 0 Å². The average Bonchev–Trinajstić information content (AvgIpc) is 3.24. The molecule has 0 spiro atoms. The molecule has 0 saturated carbocycles. The highest BCUT2D eigenvalue weighted by Gasteiger charge is 2.28. The van der Waals surface area contributed by atoms with E-state index in [-0.39, 0.29) is 28.6 Å². The van der Waals surface area contributed by atoms with Gasteiger partial charge < -0.3 is 9.88 Å². The first-order valence-electron chi connectivity index (χ1n) is 9.00. The fraction of sp³-hybridized carbons (Fsp3) is 0.316. The van der Waals surface area contributed by atoms with Crippen LogP contribution in [0.15, 0.2) is 45.3 Å². The zero-order chi connectivity index (χ0) is 19.7. The summed E-state index contributed by atoms with van der Waals surface area (Å²) in [6.45, 7) is 1.05. The van der Waals surface area contributed by atoms with E-state index in [9.17, 15) is 14.4 Å². The Kier molecular flexibility index (Phi) is 4.91. The van der Waals surface area contributed by atoms with Crippen LogP contribution in [0.3, 0.4) is 0 Å². The smallest absolute Gasteiger partial charge is 0.274 e. The van der Waals surface area contributed by atoms with Crippen LogP contribution in [-0.4, -0.2) is 43.6 Å². The standard InChI is InChI=1S/C19H19N5O3S/c1-23-17(26)7-6-13(22-23)19(27)24-8-2-4-12(11-24)18-20-14(10-16(25)21-18)15-5-3-9-28-15/h3,5-7,9-10,12H,2,4,8,11H2,1H3,(H,20,21,25). The highest BCUT2D eigenvalue weighted by Crippen LogP contribution is 2.27. The zero-order valence-corrected chi connectivity index (χ0v) is 16.1. The number of hydrogen-bond acceptors (Lipinski definition) is 6. The van der Waals surface area contributed by atoms with Crippen molar-refractivity contribution < 1.29 is 4.79 Å². The first-order valence-corrected chi connectivity index (χ1v) is 9.88. The Morgan fingerprint density at radius 2 is 2.14 bits per heavy atom. The average molecular weight is 397 g/mol. The van der Waals surface area contributed by atoms with Gasteiger partial charge in [0.05, 0.1) is 10.6 Å². The number of aryl methyl sites for hydroxylation is 1. The van der Waals surface area contributed by atoms with Gasteiger partial charge in [-0.25, -0.2) is 9.67 Å². The molecule has 1 aliphatic rings. The third-order valence-electron chi connectivity index (χ3n) is 4.81. The van der Waals surface area contributed by atoms with Crippen LogP contribution in [0, 0.1) is 0 Å². The number of thiophene rings is 1. The number of carbonyl (C=O) groups excluding carboxylic acids is 1. The van der Waals surface area contributed by atoms with Crippen LogP contribution in [0.5, 0.6) is 0 Å². The maximum absolute atomic E-state index is 12.8. The molecule has 1 fully saturated rings. The van der Waals surface area contributed by atoms with Crippen molar-refractivity contribution in [3.63, 3.8) is 0 Å². The lowest BCUT2D eigenvalue weighted by molar-refractivity contribution is 0.0696. The van der Waals surface area contributed by atoms with Crippen molar-refractivity contribution in [2.75, 3.05) is 13.1 Å². The second-order valence-corrected chi connectivity index (χ2v) is 7.71. The lowest BCUT2D eigenvalue weighted by Crippen LogP contribution is -2.40. The van der Waals surface area contributed by atoms with Crippen molar-refractivity contribution in [2.45, 2.75) is 18.8 Å². The number of piperidine rings is 1. The number of aromatic nitrogens is 4. The topological polar surface area (TPSA) is 101 Å². The van der Waals surface area contributed by atoms with Gasteiger partial charge in [-0.15, -0.1) is 11.3 Å². The van der Waals surface area contributed by atoms with Crippen LogP contribution in [-0.2, 0) is 7.05 Å². The summed E-state index contributed by atoms with van der Waals surface area (Å²) in [4.78, 5) is 46.6. The van der Waals surface area contributed by atoms with Crippen molar-refractivity contribution in [3.8, 4) is 10.6 Å². The first-order chi connectivity index (χ1) is 13.5. The number of carbonyl (C=O) groups is 1. The minimum atomic E-state index is -0.264. The summed E-state index contributed by atoms with van der Waals surface area (Å²) in [5, 5.41) is 5.99. The number of nitrogens with one attached hydrogen (secondary N) is 1. The number of nitrogens with zero attached hydrogens (tertiary/aromatic N) is 4. The largest absolute Gasteiger partial charge is 0.337 e. The molecule has 1 unspecified atom stereocenters. The molecule has 4 rings (SSSR count). The third-order valence-corrected chi connectivity index (χ3v) is 5.70. The van der Waals surface area contributed by atoms with E-state index in [2.05, 4.69) is 15.1 Å². The zero-order valence-electron chi connectivity index (χ0n) is 15.3. The van der Waals surface area contributed by atoms with Crippen LogP contribution >= 0.6 is 11.3 Å². The SMILES string of the molecule is Cn1nc(C(=O)N2CCCC(c3nc(-c4cccs4)cc(=O)[nH]3)C2)ccc1=O. The Labute approximate surface area is 164 Å². The Balaban J connectivity index is 1.59. The summed E-state index contributed by atoms with van der Waals surface area (Å²) in [7, 11) is 1.52. The second kappa shape index (κ2) is 7.51. The van der Waals surface area contributed by atoms with E-state index in [0.29, 0.717) is 24.6 Å². The van der Waals surface area contributed by atoms with E-state index in [1.807, 2.05) is 17.5 Å². The highest BCUT2D eigenvalue weighted by atomic mass is 32.1. The molecule has 1 aliphatic heterocycles. The minimum absolute atomic E-state index is 0.0576. The molecule has 28 heavy (non-hydrogen) atoms. The molecule has 3 aromatic rings. The van der Waals surface area contributed by atoms with E-state index in [0.717, 1.165) is 22.4 Å². The molecule has 1 saturated heterocycles. The van der Waals surface area contributed by atoms with Crippen LogP contribution in [0.1, 0.15) is 35.1 Å². The molecule has 9 heteroatoms. The third kappa shape index (κ3) is 3.65. The molecule has 4 heterocycles. The molecule has 0 aromatic carbocycles. The molecular weight excluding hydrogens is 378 g/mol. The van der Waals surface area contributed by atoms with E-state index in [1.54, 1.807) is 4.90 Å². The first kappa shape index (κ1) is 18.3. The fourth-order valence-electron chi connectivity index (χ4n) is 3.38. The van der Waals surface area contributed by atoms with E-state index < -0.39 is 0 Å². The predicted molar refractivity (Wildman–Crippen MR) is 106 cm³/mol. The Bertz CT molecular complexity index is 1120. The van der Waals surface area contributed by atoms with Gasteiger partial charge in [0.1, 0.15) is 11.5 Å². The van der Waals surface area contributed by atoms with Crippen molar-refractivity contribution in [1.29, 1.82) is 0 Å². The Morgan fingerprint density at radius 1 is 1.29 bits per heavy atom. The molecule has 1 amide bonds. The minimum Gasteiger partial charge on any atom is -0.337 e. The van der Waals surface area contributed by atoms with Crippen LogP contribution < -0.4 is 11.1 Å². The molecule has 1 N–H and O–H groups in total. The van der Waals surface area contributed by atoms with Crippen LogP contribution in [0.2, 0.25) is 0 Å². The summed E-state index contributed by atoms with van der Waals surface area (Å²) in [6, 6.07) is 8.13. The van der Waals surface area contributed by atoms with Crippen LogP contribution in [0.25, 0.3) is 10.6 Å². The molecule has 0 bridgehead atoms. The summed E-state index contributed by atoms with van der Waals surface area (Å²) >= 11 is 1.53. The van der Waals surface area contributed by atoms with E-state index in [1.165, 1.54) is 36.6 Å². The summed E-state index contributed by atoms with van der Waals surface area (Å²) < 4.78 is 1.15. The number of aromatic amines is 1. The summed E-state index contributed by atoms with van der Waals surface area (Å²) in [5.41, 5.74) is 0.422. The lowest BCUT2D eigenvalue weighted by atomic mass is 9.96. The van der Waals surface area contributed by atoms with Gasteiger partial charge in [0.2, 0.25) is 0 Å². The highest BCUT2D eigenvalue weighted by molar-refractivity contribution is 7.13. The molecule has 1 atom stereocenters. The Morgan fingerprint density at radius 3 is 2.89 bits per heavy atom. The van der Waals surface area contributed by atoms with Gasteiger partial charge in [-0.2, -0.15) is 5.10 Å². The number of hydrogen-bond donors (Lipinski definition) is 1. The van der Waals surface area contributed by atoms with Crippen molar-refractivity contribution in [3.05, 3.63) is 67.9 Å². The number of rotatable bonds is 3. The monoisotopic (exact) mass is 397 g/mol. The molecular formula is C19H19N5O3S. The van der Waals surface area contributed by atoms with E-state index in [4.69, 9.17) is 0 Å². The van der Waals surface area contributed by atoms with Gasteiger partial charge in [-0.05, 0) is 30.4 Å². The molecule has 0 aliphatic carbocycles. The second-order valence-electron chi connectivity index (χ2n) is 6.76. The molecule has 3 aromatic heterocycles. The van der Waals surface area contributed by atoms with Gasteiger partial charge in [-0.3, -0.25) is 14.4 Å². The number of H-pyrrole nitrogens is 1. The summed E-state index contributed by atoms with van der Waals surface area (Å²) in [5.74, 6) is 0.316. The van der Waals surface area contributed by atoms with Gasteiger partial charge in [-0.1, -0.05) is 6.07 Å². The van der Waals surface area contributed by atoms with E-state index >= 15 is 0 Å². The van der Waals surface area contributed by atoms with Gasteiger partial charge in [0, 0.05) is 38.2 Å². The summed E-state index contributed by atoms with van der Waals surface area (Å²) in [6.07, 6.45) is 1.64. The molecule has 8 nitrogen and oxygen atoms in total. The fourth-order valence-corrected chi connectivity index (χ4v) is 4.07. The maximum atomic E-state index is 12.8. The quantitative estimate of drug-likeness (QED) is 0.724. The number of likely N-dealkylation sites (tertiary alicyclic amines) is 1. The molecule has 0 radical (unpaired) electrons.